The van der Waals surface area contributed by atoms with Gasteiger partial charge in [-0.05, 0) is 56.9 Å². The fraction of sp³-hybridized carbons (Fsp3) is 0.526. The molecule has 12 heteroatoms. The molecule has 172 valence electrons. The number of aryl methyl sites for hydroxylation is 1. The van der Waals surface area contributed by atoms with Crippen molar-refractivity contribution >= 4 is 17.4 Å². The van der Waals surface area contributed by atoms with Crippen LogP contribution in [-0.4, -0.2) is 72.1 Å². The number of benzene rings is 1. The number of aliphatic hydroxyl groups is 5. The van der Waals surface area contributed by atoms with Gasteiger partial charge in [0, 0.05) is 19.2 Å². The summed E-state index contributed by atoms with van der Waals surface area (Å²) in [6, 6.07) is 2.23. The van der Waals surface area contributed by atoms with E-state index < -0.39 is 40.0 Å². The number of ether oxygens (including phenoxy) is 2. The lowest BCUT2D eigenvalue weighted by molar-refractivity contribution is -0.503. The largest absolute Gasteiger partial charge is 0.444 e. The highest BCUT2D eigenvalue weighted by molar-refractivity contribution is 5.75. The molecule has 0 saturated heterocycles. The van der Waals surface area contributed by atoms with Crippen molar-refractivity contribution in [3.05, 3.63) is 39.4 Å². The summed E-state index contributed by atoms with van der Waals surface area (Å²) in [5, 5.41) is 57.5. The van der Waals surface area contributed by atoms with E-state index in [-0.39, 0.29) is 6.54 Å². The van der Waals surface area contributed by atoms with Crippen molar-refractivity contribution in [2.24, 2.45) is 0 Å². The molecule has 0 bridgehead atoms. The van der Waals surface area contributed by atoms with Crippen molar-refractivity contribution in [1.29, 1.82) is 0 Å². The second kappa shape index (κ2) is 8.40. The first-order valence-corrected chi connectivity index (χ1v) is 9.29. The molecule has 1 aliphatic heterocycles. The zero-order chi connectivity index (χ0) is 23.8. The van der Waals surface area contributed by atoms with Gasteiger partial charge in [0.2, 0.25) is 5.75 Å². The third kappa shape index (κ3) is 5.89. The summed E-state index contributed by atoms with van der Waals surface area (Å²) >= 11 is 0. The molecule has 0 atom stereocenters. The third-order valence-corrected chi connectivity index (χ3v) is 4.40. The summed E-state index contributed by atoms with van der Waals surface area (Å²) < 4.78 is 9.89. The summed E-state index contributed by atoms with van der Waals surface area (Å²) in [6.45, 7) is 7.37. The zero-order valence-corrected chi connectivity index (χ0v) is 17.5. The Kier molecular flexibility index (Phi) is 6.64. The van der Waals surface area contributed by atoms with Gasteiger partial charge in [-0.25, -0.2) is 4.79 Å². The molecule has 0 radical (unpaired) electrons. The van der Waals surface area contributed by atoms with E-state index in [4.69, 9.17) is 20.1 Å². The lowest BCUT2D eigenvalue weighted by Crippen LogP contribution is -2.58. The number of amides is 1. The lowest BCUT2D eigenvalue weighted by atomic mass is 9.94. The highest BCUT2D eigenvalue weighted by Gasteiger charge is 2.51. The Morgan fingerprint density at radius 3 is 2.23 bits per heavy atom. The molecule has 0 aromatic heterocycles. The van der Waals surface area contributed by atoms with Crippen LogP contribution in [0, 0.1) is 17.0 Å². The van der Waals surface area contributed by atoms with E-state index in [0.29, 0.717) is 29.7 Å². The molecular formula is C19H26N2O10. The number of hydrogen-bond donors (Lipinski definition) is 5. The molecule has 0 spiro atoms. The molecule has 0 fully saturated rings. The predicted molar refractivity (Wildman–Crippen MR) is 105 cm³/mol. The Morgan fingerprint density at radius 1 is 1.16 bits per heavy atom. The summed E-state index contributed by atoms with van der Waals surface area (Å²) in [4.78, 5) is 24.1. The summed E-state index contributed by atoms with van der Waals surface area (Å²) in [6.07, 6.45) is 1.60. The molecule has 0 saturated carbocycles. The van der Waals surface area contributed by atoms with Crippen LogP contribution in [0.5, 0.6) is 5.75 Å². The van der Waals surface area contributed by atoms with Crippen LogP contribution in [0.15, 0.2) is 18.2 Å². The normalized spacial score (nSPS) is 15.4. The topological polar surface area (TPSA) is 183 Å². The van der Waals surface area contributed by atoms with Crippen LogP contribution in [0.1, 0.15) is 38.3 Å². The molecule has 12 nitrogen and oxygen atoms in total. The van der Waals surface area contributed by atoms with Crippen LogP contribution in [0.2, 0.25) is 0 Å². The average molecular weight is 442 g/mol. The second-order valence-electron chi connectivity index (χ2n) is 8.14. The Balaban J connectivity index is 2.36. The lowest BCUT2D eigenvalue weighted by Gasteiger charge is -2.31. The van der Waals surface area contributed by atoms with Crippen LogP contribution in [0.4, 0.5) is 10.5 Å². The van der Waals surface area contributed by atoms with Crippen molar-refractivity contribution < 1.29 is 44.7 Å². The van der Waals surface area contributed by atoms with Crippen LogP contribution in [-0.2, 0) is 4.74 Å². The van der Waals surface area contributed by atoms with E-state index in [1.54, 1.807) is 33.8 Å². The first kappa shape index (κ1) is 24.5. The minimum absolute atomic E-state index is 0.216. The maximum absolute atomic E-state index is 12.2. The van der Waals surface area contributed by atoms with Crippen LogP contribution in [0.25, 0.3) is 5.57 Å². The highest BCUT2D eigenvalue weighted by Crippen LogP contribution is 2.37. The van der Waals surface area contributed by atoms with E-state index in [2.05, 4.69) is 4.74 Å². The van der Waals surface area contributed by atoms with E-state index >= 15 is 0 Å². The minimum atomic E-state index is -4.11. The van der Waals surface area contributed by atoms with E-state index in [1.165, 1.54) is 4.90 Å². The Labute approximate surface area is 177 Å². The molecule has 0 unspecified atom stereocenters. The molecule has 2 rings (SSSR count). The number of rotatable bonds is 5. The molecule has 1 amide bonds. The van der Waals surface area contributed by atoms with Crippen molar-refractivity contribution in [3.63, 3.8) is 0 Å². The van der Waals surface area contributed by atoms with E-state index in [1.807, 2.05) is 0 Å². The molecule has 31 heavy (non-hydrogen) atoms. The second-order valence-corrected chi connectivity index (χ2v) is 8.14. The molecule has 1 heterocycles. The maximum atomic E-state index is 12.2. The molecular weight excluding hydrogens is 416 g/mol. The molecule has 5 N–H and O–H groups in total. The first-order chi connectivity index (χ1) is 14.0. The Bertz CT molecular complexity index is 896. The van der Waals surface area contributed by atoms with Crippen LogP contribution >= 0.6 is 0 Å². The molecule has 1 aromatic carbocycles. The molecule has 0 aliphatic carbocycles. The van der Waals surface area contributed by atoms with Gasteiger partial charge < -0.3 is 39.9 Å². The van der Waals surface area contributed by atoms with Gasteiger partial charge >= 0.3 is 23.7 Å². The van der Waals surface area contributed by atoms with Gasteiger partial charge in [0.1, 0.15) is 5.60 Å². The smallest absolute Gasteiger partial charge is 0.410 e. The minimum Gasteiger partial charge on any atom is -0.444 e. The number of hydrogen-bond acceptors (Lipinski definition) is 10. The van der Waals surface area contributed by atoms with Gasteiger partial charge in [0.25, 0.3) is 0 Å². The Hall–Kier alpha value is -2.77. The quantitative estimate of drug-likeness (QED) is 0.245. The predicted octanol–water partition coefficient (Wildman–Crippen LogP) is 0.575. The van der Waals surface area contributed by atoms with Gasteiger partial charge in [-0.1, -0.05) is 6.08 Å². The van der Waals surface area contributed by atoms with Gasteiger partial charge in [-0.15, -0.1) is 0 Å². The zero-order valence-electron chi connectivity index (χ0n) is 17.5. The van der Waals surface area contributed by atoms with Gasteiger partial charge in [-0.2, -0.15) is 0 Å². The van der Waals surface area contributed by atoms with Gasteiger partial charge in [0.05, 0.1) is 4.92 Å². The fourth-order valence-corrected chi connectivity index (χ4v) is 2.87. The van der Waals surface area contributed by atoms with Crippen molar-refractivity contribution in [2.75, 3.05) is 13.1 Å². The average Bonchev–Trinajstić information content (AvgIpc) is 2.60. The number of carbonyl (C=O) groups excluding carboxylic acids is 1. The maximum Gasteiger partial charge on any atom is 0.410 e. The highest BCUT2D eigenvalue weighted by atomic mass is 16.8. The Morgan fingerprint density at radius 2 is 1.77 bits per heavy atom. The number of nitrogens with zero attached hydrogens (tertiary/aromatic N) is 2. The van der Waals surface area contributed by atoms with E-state index in [0.717, 1.165) is 12.1 Å². The SMILES string of the molecule is Cc1cc([N+](=O)[O-])c(OC(O)(O)C(O)(O)O)cc1C1=CCN(C(=O)OC(C)(C)C)CC1. The standard InChI is InChI=1S/C19H26N2O10/c1-11-9-14(21(28)29)15(30-19(26,27)18(23,24)25)10-13(11)12-5-7-20(8-6-12)16(22)31-17(2,3)4/h5,9-10,23-27H,6-8H2,1-4H3. The van der Waals surface area contributed by atoms with Gasteiger partial charge in [0.15, 0.2) is 0 Å². The summed E-state index contributed by atoms with van der Waals surface area (Å²) in [5.41, 5.74) is 0.261. The molecule has 1 aliphatic rings. The van der Waals surface area contributed by atoms with Gasteiger partial charge in [-0.3, -0.25) is 10.1 Å². The third-order valence-electron chi connectivity index (χ3n) is 4.40. The van der Waals surface area contributed by atoms with Crippen molar-refractivity contribution in [1.82, 2.24) is 4.90 Å². The van der Waals surface area contributed by atoms with Crippen LogP contribution in [0.3, 0.4) is 0 Å². The number of nitro groups is 1. The van der Waals surface area contributed by atoms with E-state index in [9.17, 15) is 25.1 Å². The van der Waals surface area contributed by atoms with Crippen LogP contribution < -0.4 is 4.74 Å². The summed E-state index contributed by atoms with van der Waals surface area (Å²) in [5.74, 6) is -8.77. The number of nitro benzene ring substituents is 1. The summed E-state index contributed by atoms with van der Waals surface area (Å²) in [7, 11) is 0. The molecule has 1 aromatic rings. The number of carbonyl (C=O) groups is 1. The monoisotopic (exact) mass is 442 g/mol. The van der Waals surface area contributed by atoms with Crippen molar-refractivity contribution in [2.45, 2.75) is 51.7 Å². The van der Waals surface area contributed by atoms with Crippen molar-refractivity contribution in [3.8, 4) is 5.75 Å². The fourth-order valence-electron chi connectivity index (χ4n) is 2.87. The first-order valence-electron chi connectivity index (χ1n) is 9.29.